The molecule has 0 aliphatic heterocycles. The molecule has 4 aromatic rings. The predicted molar refractivity (Wildman–Crippen MR) is 128 cm³/mol. The largest absolute Gasteiger partial charge is 0.487 e. The Morgan fingerprint density at radius 3 is 2.11 bits per heavy atom. The number of aromatic nitrogens is 2. The van der Waals surface area contributed by atoms with Crippen LogP contribution in [0.2, 0.25) is 15.1 Å². The van der Waals surface area contributed by atoms with Crippen LogP contribution in [0.4, 0.5) is 13.2 Å². The van der Waals surface area contributed by atoms with Gasteiger partial charge in [0.25, 0.3) is 0 Å². The van der Waals surface area contributed by atoms with E-state index in [4.69, 9.17) is 45.3 Å². The Hall–Kier alpha value is -3.20. The number of carbonyl (C=O) groups is 1. The SMILES string of the molecule is NC(=O)c1ccc(-c2ccc(OCc3cc(C(F)(F)F)nn3-c3c(Cl)cccc3Cl)cc2)cc1Cl. The molecule has 1 amide bonds. The first-order valence-electron chi connectivity index (χ1n) is 9.97. The van der Waals surface area contributed by atoms with Crippen LogP contribution in [0, 0.1) is 0 Å². The summed E-state index contributed by atoms with van der Waals surface area (Å²) < 4.78 is 46.8. The fraction of sp³-hybridized carbons (Fsp3) is 0.0833. The molecule has 35 heavy (non-hydrogen) atoms. The van der Waals surface area contributed by atoms with Crippen molar-refractivity contribution in [3.8, 4) is 22.6 Å². The number of para-hydroxylation sites is 1. The van der Waals surface area contributed by atoms with Crippen LogP contribution in [0.1, 0.15) is 21.7 Å². The highest BCUT2D eigenvalue weighted by Gasteiger charge is 2.35. The standard InChI is InChI=1S/C24H15Cl3F3N3O2/c25-18-2-1-3-19(26)22(18)33-15(11-21(32-33)24(28,29)30)12-35-16-7-4-13(5-8-16)14-6-9-17(23(31)34)20(27)10-14/h1-11H,12H2,(H2,31,34). The molecule has 0 saturated carbocycles. The maximum absolute atomic E-state index is 13.3. The quantitative estimate of drug-likeness (QED) is 0.281. The summed E-state index contributed by atoms with van der Waals surface area (Å²) in [6, 6.07) is 17.1. The van der Waals surface area contributed by atoms with Gasteiger partial charge >= 0.3 is 6.18 Å². The van der Waals surface area contributed by atoms with Crippen LogP contribution in [0.3, 0.4) is 0 Å². The lowest BCUT2D eigenvalue weighted by molar-refractivity contribution is -0.141. The first-order chi connectivity index (χ1) is 16.5. The Morgan fingerprint density at radius 2 is 1.54 bits per heavy atom. The van der Waals surface area contributed by atoms with Gasteiger partial charge in [0, 0.05) is 0 Å². The number of primary amides is 1. The van der Waals surface area contributed by atoms with E-state index in [0.29, 0.717) is 5.75 Å². The Morgan fingerprint density at radius 1 is 0.914 bits per heavy atom. The second-order valence-electron chi connectivity index (χ2n) is 7.37. The average Bonchev–Trinajstić information content (AvgIpc) is 3.22. The Labute approximate surface area is 212 Å². The van der Waals surface area contributed by atoms with Crippen molar-refractivity contribution < 1.29 is 22.7 Å². The number of hydrogen-bond acceptors (Lipinski definition) is 3. The first-order valence-corrected chi connectivity index (χ1v) is 11.1. The molecule has 1 heterocycles. The molecule has 0 unspecified atom stereocenters. The van der Waals surface area contributed by atoms with E-state index in [0.717, 1.165) is 21.9 Å². The van der Waals surface area contributed by atoms with E-state index in [9.17, 15) is 18.0 Å². The van der Waals surface area contributed by atoms with Gasteiger partial charge < -0.3 is 10.5 Å². The van der Waals surface area contributed by atoms with Crippen LogP contribution in [0.15, 0.2) is 66.7 Å². The molecule has 4 rings (SSSR count). The number of alkyl halides is 3. The monoisotopic (exact) mass is 539 g/mol. The van der Waals surface area contributed by atoms with E-state index in [1.165, 1.54) is 18.2 Å². The molecule has 0 atom stereocenters. The molecule has 0 fully saturated rings. The molecule has 0 saturated heterocycles. The summed E-state index contributed by atoms with van der Waals surface area (Å²) in [5.41, 5.74) is 6.13. The van der Waals surface area contributed by atoms with E-state index in [2.05, 4.69) is 5.10 Å². The third-order valence-corrected chi connectivity index (χ3v) is 5.95. The number of nitrogens with two attached hydrogens (primary N) is 1. The number of ether oxygens (including phenoxy) is 1. The number of nitrogens with zero attached hydrogens (tertiary/aromatic N) is 2. The molecular weight excluding hydrogens is 526 g/mol. The first kappa shape index (κ1) is 24.9. The van der Waals surface area contributed by atoms with Gasteiger partial charge in [0.05, 0.1) is 26.3 Å². The van der Waals surface area contributed by atoms with Crippen molar-refractivity contribution in [2.75, 3.05) is 0 Å². The Kier molecular flexibility index (Phi) is 6.98. The Balaban J connectivity index is 1.59. The lowest BCUT2D eigenvalue weighted by Crippen LogP contribution is -2.11. The maximum atomic E-state index is 13.3. The van der Waals surface area contributed by atoms with Crippen molar-refractivity contribution in [2.24, 2.45) is 5.73 Å². The van der Waals surface area contributed by atoms with E-state index in [-0.39, 0.29) is 38.6 Å². The Bertz CT molecular complexity index is 1380. The van der Waals surface area contributed by atoms with Gasteiger partial charge in [-0.25, -0.2) is 4.68 Å². The van der Waals surface area contributed by atoms with Crippen molar-refractivity contribution in [3.05, 3.63) is 98.7 Å². The van der Waals surface area contributed by atoms with Gasteiger partial charge in [0.2, 0.25) is 5.91 Å². The molecule has 180 valence electrons. The van der Waals surface area contributed by atoms with Crippen LogP contribution in [0.25, 0.3) is 16.8 Å². The molecule has 3 aromatic carbocycles. The summed E-state index contributed by atoms with van der Waals surface area (Å²) in [5.74, 6) is -0.225. The number of carbonyl (C=O) groups excluding carboxylic acids is 1. The van der Waals surface area contributed by atoms with Crippen LogP contribution >= 0.6 is 34.8 Å². The summed E-state index contributed by atoms with van der Waals surface area (Å²) >= 11 is 18.5. The number of rotatable bonds is 6. The average molecular weight is 541 g/mol. The minimum atomic E-state index is -4.67. The highest BCUT2D eigenvalue weighted by Crippen LogP contribution is 2.34. The lowest BCUT2D eigenvalue weighted by atomic mass is 10.0. The van der Waals surface area contributed by atoms with E-state index in [1.807, 2.05) is 0 Å². The number of benzene rings is 3. The van der Waals surface area contributed by atoms with Crippen LogP contribution in [-0.2, 0) is 12.8 Å². The minimum absolute atomic E-state index is 0.102. The summed E-state index contributed by atoms with van der Waals surface area (Å²) in [4.78, 5) is 11.3. The fourth-order valence-electron chi connectivity index (χ4n) is 3.34. The normalized spacial score (nSPS) is 11.5. The third-order valence-electron chi connectivity index (χ3n) is 5.03. The van der Waals surface area contributed by atoms with E-state index >= 15 is 0 Å². The van der Waals surface area contributed by atoms with Crippen LogP contribution in [-0.4, -0.2) is 15.7 Å². The minimum Gasteiger partial charge on any atom is -0.487 e. The second-order valence-corrected chi connectivity index (χ2v) is 8.59. The van der Waals surface area contributed by atoms with Gasteiger partial charge in [-0.15, -0.1) is 0 Å². The smallest absolute Gasteiger partial charge is 0.435 e. The van der Waals surface area contributed by atoms with E-state index < -0.39 is 17.8 Å². The maximum Gasteiger partial charge on any atom is 0.435 e. The molecule has 0 radical (unpaired) electrons. The zero-order valence-corrected chi connectivity index (χ0v) is 19.9. The van der Waals surface area contributed by atoms with Crippen LogP contribution in [0.5, 0.6) is 5.75 Å². The van der Waals surface area contributed by atoms with Crippen molar-refractivity contribution in [1.82, 2.24) is 9.78 Å². The second kappa shape index (κ2) is 9.81. The number of halogens is 6. The molecule has 0 aliphatic carbocycles. The van der Waals surface area contributed by atoms with Gasteiger partial charge in [-0.3, -0.25) is 4.79 Å². The van der Waals surface area contributed by atoms with Gasteiger partial charge in [-0.2, -0.15) is 18.3 Å². The summed E-state index contributed by atoms with van der Waals surface area (Å²) in [6.07, 6.45) is -4.67. The molecule has 11 heteroatoms. The highest BCUT2D eigenvalue weighted by atomic mass is 35.5. The highest BCUT2D eigenvalue weighted by molar-refractivity contribution is 6.37. The zero-order valence-electron chi connectivity index (χ0n) is 17.6. The molecule has 2 N–H and O–H groups in total. The van der Waals surface area contributed by atoms with Crippen molar-refractivity contribution >= 4 is 40.7 Å². The molecule has 1 aromatic heterocycles. The zero-order chi connectivity index (χ0) is 25.3. The van der Waals surface area contributed by atoms with Gasteiger partial charge in [-0.05, 0) is 53.6 Å². The molecule has 0 bridgehead atoms. The van der Waals surface area contributed by atoms with Gasteiger partial charge in [-0.1, -0.05) is 59.1 Å². The van der Waals surface area contributed by atoms with Crippen molar-refractivity contribution in [3.63, 3.8) is 0 Å². The van der Waals surface area contributed by atoms with E-state index in [1.54, 1.807) is 42.5 Å². The molecular formula is C24H15Cl3F3N3O2. The molecule has 0 aliphatic rings. The van der Waals surface area contributed by atoms with Crippen LogP contribution < -0.4 is 10.5 Å². The lowest BCUT2D eigenvalue weighted by Gasteiger charge is -2.12. The summed E-state index contributed by atoms with van der Waals surface area (Å²) in [7, 11) is 0. The number of hydrogen-bond donors (Lipinski definition) is 1. The fourth-order valence-corrected chi connectivity index (χ4v) is 4.17. The van der Waals surface area contributed by atoms with Crippen molar-refractivity contribution in [2.45, 2.75) is 12.8 Å². The van der Waals surface area contributed by atoms with Gasteiger partial charge in [0.1, 0.15) is 18.0 Å². The summed E-state index contributed by atoms with van der Waals surface area (Å²) in [6.45, 7) is -0.233. The summed E-state index contributed by atoms with van der Waals surface area (Å²) in [5, 5.41) is 4.17. The van der Waals surface area contributed by atoms with Gasteiger partial charge in [0.15, 0.2) is 5.69 Å². The molecule has 5 nitrogen and oxygen atoms in total. The molecule has 0 spiro atoms. The van der Waals surface area contributed by atoms with Crippen molar-refractivity contribution in [1.29, 1.82) is 0 Å². The number of amides is 1. The third kappa shape index (κ3) is 5.40. The topological polar surface area (TPSA) is 70.1 Å². The predicted octanol–water partition coefficient (Wildman–Crippen LogP) is 7.20.